The first kappa shape index (κ1) is 26.0. The maximum Gasteiger partial charge on any atom is 0.112 e. The van der Waals surface area contributed by atoms with Crippen molar-refractivity contribution < 1.29 is 4.42 Å². The van der Waals surface area contributed by atoms with Gasteiger partial charge in [-0.2, -0.15) is 0 Å². The molecule has 1 aromatic carbocycles. The summed E-state index contributed by atoms with van der Waals surface area (Å²) in [4.78, 5) is 0. The molecule has 0 bridgehead atoms. The lowest BCUT2D eigenvalue weighted by Gasteiger charge is -2.02. The molecule has 2 rings (SSSR count). The van der Waals surface area contributed by atoms with E-state index in [9.17, 15) is 0 Å². The van der Waals surface area contributed by atoms with E-state index in [1.54, 1.807) is 0 Å². The highest BCUT2D eigenvalue weighted by Gasteiger charge is 2.12. The summed E-state index contributed by atoms with van der Waals surface area (Å²) in [6, 6.07) is 8.86. The van der Waals surface area contributed by atoms with Crippen molar-refractivity contribution in [1.82, 2.24) is 0 Å². The maximum absolute atomic E-state index is 6.41. The second-order valence-electron chi connectivity index (χ2n) is 9.65. The Morgan fingerprint density at radius 3 is 1.13 bits per heavy atom. The molecule has 0 N–H and O–H groups in total. The van der Waals surface area contributed by atoms with Gasteiger partial charge in [-0.3, -0.25) is 0 Å². The summed E-state index contributed by atoms with van der Waals surface area (Å²) in [6.07, 6.45) is 27.1. The van der Waals surface area contributed by atoms with Crippen LogP contribution in [0.5, 0.6) is 0 Å². The van der Waals surface area contributed by atoms with E-state index in [-0.39, 0.29) is 0 Å². The molecular formula is C30H50O. The number of fused-ring (bicyclic) bond motifs is 1. The van der Waals surface area contributed by atoms with Gasteiger partial charge in [0.05, 0.1) is 0 Å². The third-order valence-corrected chi connectivity index (χ3v) is 6.79. The number of furan rings is 1. The van der Waals surface area contributed by atoms with Crippen LogP contribution in [-0.2, 0) is 12.8 Å². The first-order chi connectivity index (χ1) is 15.4. The van der Waals surface area contributed by atoms with Gasteiger partial charge in [-0.15, -0.1) is 0 Å². The molecule has 0 fully saturated rings. The third kappa shape index (κ3) is 10.8. The quantitative estimate of drug-likeness (QED) is 0.192. The third-order valence-electron chi connectivity index (χ3n) is 6.79. The van der Waals surface area contributed by atoms with E-state index in [0.717, 1.165) is 12.8 Å². The first-order valence-corrected chi connectivity index (χ1v) is 13.9. The van der Waals surface area contributed by atoms with Crippen LogP contribution >= 0.6 is 0 Å². The predicted octanol–water partition coefficient (Wildman–Crippen LogP) is 10.6. The molecule has 0 amide bonds. The van der Waals surface area contributed by atoms with Crippen LogP contribution < -0.4 is 0 Å². The smallest absolute Gasteiger partial charge is 0.112 e. The summed E-state index contributed by atoms with van der Waals surface area (Å²) in [7, 11) is 0. The first-order valence-electron chi connectivity index (χ1n) is 13.9. The van der Waals surface area contributed by atoms with Crippen molar-refractivity contribution in [2.24, 2.45) is 0 Å². The van der Waals surface area contributed by atoms with Crippen LogP contribution in [-0.4, -0.2) is 0 Å². The monoisotopic (exact) mass is 426 g/mol. The number of unbranched alkanes of at least 4 members (excludes halogenated alkanes) is 16. The van der Waals surface area contributed by atoms with Gasteiger partial charge in [-0.1, -0.05) is 141 Å². The lowest BCUT2D eigenvalue weighted by atomic mass is 10.0. The van der Waals surface area contributed by atoms with Crippen molar-refractivity contribution in [2.75, 3.05) is 0 Å². The van der Waals surface area contributed by atoms with Crippen LogP contribution in [0.3, 0.4) is 0 Å². The molecular weight excluding hydrogens is 376 g/mol. The molecule has 0 radical (unpaired) electrons. The lowest BCUT2D eigenvalue weighted by molar-refractivity contribution is 0.449. The zero-order valence-electron chi connectivity index (χ0n) is 20.9. The van der Waals surface area contributed by atoms with Crippen LogP contribution in [0.4, 0.5) is 0 Å². The number of rotatable bonds is 20. The van der Waals surface area contributed by atoms with Crippen molar-refractivity contribution in [2.45, 2.75) is 142 Å². The van der Waals surface area contributed by atoms with Crippen molar-refractivity contribution in [3.63, 3.8) is 0 Å². The number of hydrogen-bond donors (Lipinski definition) is 0. The normalized spacial score (nSPS) is 11.5. The summed E-state index contributed by atoms with van der Waals surface area (Å²) in [5.74, 6) is 2.48. The van der Waals surface area contributed by atoms with Crippen LogP contribution in [0.2, 0.25) is 0 Å². The standard InChI is InChI=1S/C30H50O/c1-3-5-7-9-11-13-14-16-18-20-26-30-28-24-22-21-23-27(28)29(31-30)25-19-17-15-12-10-8-6-4-2/h21-24H,3-20,25-26H2,1-2H3. The van der Waals surface area contributed by atoms with Crippen LogP contribution in [0.1, 0.15) is 141 Å². The highest BCUT2D eigenvalue weighted by molar-refractivity contribution is 5.86. The largest absolute Gasteiger partial charge is 0.465 e. The highest BCUT2D eigenvalue weighted by atomic mass is 16.3. The Bertz CT molecular complexity index is 668. The van der Waals surface area contributed by atoms with Crippen molar-refractivity contribution in [3.05, 3.63) is 35.8 Å². The zero-order valence-corrected chi connectivity index (χ0v) is 20.9. The molecule has 1 aromatic heterocycles. The van der Waals surface area contributed by atoms with E-state index in [2.05, 4.69) is 38.1 Å². The molecule has 0 atom stereocenters. The van der Waals surface area contributed by atoms with Gasteiger partial charge < -0.3 is 4.42 Å². The van der Waals surface area contributed by atoms with Crippen molar-refractivity contribution in [1.29, 1.82) is 0 Å². The number of benzene rings is 1. The lowest BCUT2D eigenvalue weighted by Crippen LogP contribution is -1.86. The summed E-state index contributed by atoms with van der Waals surface area (Å²) < 4.78 is 6.41. The van der Waals surface area contributed by atoms with Gasteiger partial charge in [0.1, 0.15) is 11.5 Å². The van der Waals surface area contributed by atoms with E-state index < -0.39 is 0 Å². The SMILES string of the molecule is CCCCCCCCCCCCc1oc(CCCCCCCCCC)c2ccccc12. The Kier molecular flexibility index (Phi) is 14.5. The van der Waals surface area contributed by atoms with E-state index in [1.807, 2.05) is 0 Å². The molecule has 0 aliphatic heterocycles. The molecule has 0 aliphatic rings. The Hall–Kier alpha value is -1.24. The molecule has 1 heterocycles. The molecule has 0 saturated carbocycles. The minimum atomic E-state index is 1.10. The van der Waals surface area contributed by atoms with E-state index >= 15 is 0 Å². The van der Waals surface area contributed by atoms with Crippen molar-refractivity contribution in [3.8, 4) is 0 Å². The molecule has 1 nitrogen and oxygen atoms in total. The van der Waals surface area contributed by atoms with Crippen molar-refractivity contribution >= 4 is 10.8 Å². The van der Waals surface area contributed by atoms with Gasteiger partial charge in [0, 0.05) is 23.6 Å². The minimum Gasteiger partial charge on any atom is -0.465 e. The fourth-order valence-corrected chi connectivity index (χ4v) is 4.79. The summed E-state index contributed by atoms with van der Waals surface area (Å²) in [6.45, 7) is 4.58. The van der Waals surface area contributed by atoms with Gasteiger partial charge >= 0.3 is 0 Å². The number of hydrogen-bond acceptors (Lipinski definition) is 1. The molecule has 0 aliphatic carbocycles. The van der Waals surface area contributed by atoms with Gasteiger partial charge in [-0.25, -0.2) is 0 Å². The topological polar surface area (TPSA) is 13.1 Å². The summed E-state index contributed by atoms with van der Waals surface area (Å²) in [5, 5.41) is 2.74. The fourth-order valence-electron chi connectivity index (χ4n) is 4.79. The van der Waals surface area contributed by atoms with Crippen LogP contribution in [0, 0.1) is 0 Å². The molecule has 0 spiro atoms. The van der Waals surface area contributed by atoms with Gasteiger partial charge in [0.2, 0.25) is 0 Å². The van der Waals surface area contributed by atoms with Gasteiger partial charge in [0.15, 0.2) is 0 Å². The van der Waals surface area contributed by atoms with E-state index in [4.69, 9.17) is 4.42 Å². The molecule has 0 unspecified atom stereocenters. The second-order valence-corrected chi connectivity index (χ2v) is 9.65. The molecule has 176 valence electrons. The average Bonchev–Trinajstić information content (AvgIpc) is 3.14. The summed E-state index contributed by atoms with van der Waals surface area (Å²) >= 11 is 0. The van der Waals surface area contributed by atoms with Crippen LogP contribution in [0.25, 0.3) is 10.8 Å². The molecule has 0 saturated heterocycles. The molecule has 2 aromatic rings. The number of aryl methyl sites for hydroxylation is 2. The van der Waals surface area contributed by atoms with E-state index in [1.165, 1.54) is 138 Å². The Morgan fingerprint density at radius 1 is 0.452 bits per heavy atom. The highest BCUT2D eigenvalue weighted by Crippen LogP contribution is 2.29. The molecule has 1 heteroatoms. The zero-order chi connectivity index (χ0) is 22.0. The Morgan fingerprint density at radius 2 is 0.774 bits per heavy atom. The summed E-state index contributed by atoms with van der Waals surface area (Å²) in [5.41, 5.74) is 0. The maximum atomic E-state index is 6.41. The Balaban J connectivity index is 1.65. The second kappa shape index (κ2) is 17.3. The van der Waals surface area contributed by atoms with Crippen LogP contribution in [0.15, 0.2) is 28.7 Å². The Labute approximate surface area is 193 Å². The van der Waals surface area contributed by atoms with E-state index in [0.29, 0.717) is 0 Å². The fraction of sp³-hybridized carbons (Fsp3) is 0.733. The van der Waals surface area contributed by atoms with Gasteiger partial charge in [-0.05, 0) is 12.8 Å². The predicted molar refractivity (Wildman–Crippen MR) is 138 cm³/mol. The minimum absolute atomic E-state index is 1.10. The van der Waals surface area contributed by atoms with Gasteiger partial charge in [0.25, 0.3) is 0 Å². The molecule has 31 heavy (non-hydrogen) atoms. The average molecular weight is 427 g/mol.